The second-order valence-electron chi connectivity index (χ2n) is 4.86. The number of hydrogen-bond donors (Lipinski definition) is 1. The summed E-state index contributed by atoms with van der Waals surface area (Å²) in [7, 11) is 0. The van der Waals surface area contributed by atoms with E-state index in [-0.39, 0.29) is 0 Å². The van der Waals surface area contributed by atoms with Gasteiger partial charge in [-0.25, -0.2) is 0 Å². The minimum Gasteiger partial charge on any atom is -0.398 e. The lowest BCUT2D eigenvalue weighted by Crippen LogP contribution is -1.98. The first-order chi connectivity index (χ1) is 9.58. The number of nitrogens with zero attached hydrogens (tertiary/aromatic N) is 1. The average molecular weight is 262 g/mol. The molecule has 2 aromatic carbocycles. The Morgan fingerprint density at radius 1 is 1.15 bits per heavy atom. The maximum atomic E-state index is 9.09. The summed E-state index contributed by atoms with van der Waals surface area (Å²) in [5.74, 6) is 0. The second kappa shape index (κ2) is 5.63. The Kier molecular flexibility index (Phi) is 3.91. The number of benzene rings is 2. The van der Waals surface area contributed by atoms with E-state index in [0.29, 0.717) is 5.56 Å². The van der Waals surface area contributed by atoms with Crippen molar-refractivity contribution < 1.29 is 0 Å². The molecule has 0 heterocycles. The van der Waals surface area contributed by atoms with E-state index in [1.54, 1.807) is 0 Å². The van der Waals surface area contributed by atoms with Gasteiger partial charge in [-0.15, -0.1) is 0 Å². The van der Waals surface area contributed by atoms with Crippen molar-refractivity contribution >= 4 is 11.3 Å². The topological polar surface area (TPSA) is 49.8 Å². The average Bonchev–Trinajstić information content (AvgIpc) is 2.46. The number of aryl methyl sites for hydroxylation is 1. The molecule has 0 radical (unpaired) electrons. The Morgan fingerprint density at radius 3 is 2.55 bits per heavy atom. The van der Waals surface area contributed by atoms with Gasteiger partial charge in [-0.2, -0.15) is 5.26 Å². The minimum absolute atomic E-state index is 0.673. The summed E-state index contributed by atoms with van der Waals surface area (Å²) >= 11 is 0. The molecule has 0 unspecified atom stereocenters. The fourth-order valence-corrected chi connectivity index (χ4v) is 2.38. The van der Waals surface area contributed by atoms with Crippen molar-refractivity contribution in [1.82, 2.24) is 0 Å². The Hall–Kier alpha value is -2.53. The Bertz CT molecular complexity index is 719. The third kappa shape index (κ3) is 2.44. The van der Waals surface area contributed by atoms with Gasteiger partial charge in [-0.05, 0) is 66.8 Å². The van der Waals surface area contributed by atoms with Crippen LogP contribution in [0.5, 0.6) is 0 Å². The molecule has 2 nitrogen and oxygen atoms in total. The highest BCUT2D eigenvalue weighted by atomic mass is 14.6. The third-order valence-corrected chi connectivity index (χ3v) is 3.61. The van der Waals surface area contributed by atoms with Gasteiger partial charge in [0.15, 0.2) is 0 Å². The van der Waals surface area contributed by atoms with Crippen molar-refractivity contribution in [2.45, 2.75) is 20.8 Å². The fourth-order valence-electron chi connectivity index (χ4n) is 2.38. The molecule has 20 heavy (non-hydrogen) atoms. The van der Waals surface area contributed by atoms with Crippen molar-refractivity contribution in [2.75, 3.05) is 5.73 Å². The van der Waals surface area contributed by atoms with E-state index in [2.05, 4.69) is 25.1 Å². The maximum absolute atomic E-state index is 9.09. The molecular formula is C18H18N2. The lowest BCUT2D eigenvalue weighted by molar-refractivity contribution is 1.36. The lowest BCUT2D eigenvalue weighted by Gasteiger charge is -2.15. The predicted octanol–water partition coefficient (Wildman–Crippen LogP) is 4.21. The normalized spacial score (nSPS) is 11.2. The highest BCUT2D eigenvalue weighted by Crippen LogP contribution is 2.31. The van der Waals surface area contributed by atoms with Crippen LogP contribution in [-0.2, 0) is 0 Å². The van der Waals surface area contributed by atoms with Crippen molar-refractivity contribution in [3.63, 3.8) is 0 Å². The van der Waals surface area contributed by atoms with Gasteiger partial charge in [-0.3, -0.25) is 0 Å². The van der Waals surface area contributed by atoms with Crippen LogP contribution in [0.1, 0.15) is 34.7 Å². The largest absolute Gasteiger partial charge is 0.398 e. The van der Waals surface area contributed by atoms with Gasteiger partial charge >= 0.3 is 0 Å². The number of hydrogen-bond acceptors (Lipinski definition) is 2. The van der Waals surface area contributed by atoms with Crippen molar-refractivity contribution in [3.8, 4) is 6.07 Å². The highest BCUT2D eigenvalue weighted by molar-refractivity contribution is 5.84. The van der Waals surface area contributed by atoms with Crippen LogP contribution in [0, 0.1) is 25.2 Å². The third-order valence-electron chi connectivity index (χ3n) is 3.61. The van der Waals surface area contributed by atoms with Crippen LogP contribution in [0.4, 0.5) is 5.69 Å². The molecule has 0 atom stereocenters. The van der Waals surface area contributed by atoms with Crippen LogP contribution in [0.2, 0.25) is 0 Å². The van der Waals surface area contributed by atoms with Gasteiger partial charge in [-0.1, -0.05) is 24.3 Å². The van der Waals surface area contributed by atoms with Crippen molar-refractivity contribution in [2.24, 2.45) is 0 Å². The molecule has 0 aliphatic heterocycles. The van der Waals surface area contributed by atoms with E-state index < -0.39 is 0 Å². The van der Waals surface area contributed by atoms with Gasteiger partial charge in [0.25, 0.3) is 0 Å². The summed E-state index contributed by atoms with van der Waals surface area (Å²) < 4.78 is 0. The van der Waals surface area contributed by atoms with Crippen LogP contribution in [0.25, 0.3) is 5.57 Å². The summed E-state index contributed by atoms with van der Waals surface area (Å²) in [6, 6.07) is 13.9. The number of nitrogens with two attached hydrogens (primary N) is 1. The van der Waals surface area contributed by atoms with E-state index in [4.69, 9.17) is 11.0 Å². The van der Waals surface area contributed by atoms with Crippen LogP contribution in [0.15, 0.2) is 42.5 Å². The van der Waals surface area contributed by atoms with Gasteiger partial charge in [0.2, 0.25) is 0 Å². The maximum Gasteiger partial charge on any atom is 0.0991 e. The summed E-state index contributed by atoms with van der Waals surface area (Å²) in [5.41, 5.74) is 13.0. The van der Waals surface area contributed by atoms with Crippen molar-refractivity contribution in [3.05, 3.63) is 70.3 Å². The molecule has 2 N–H and O–H groups in total. The smallest absolute Gasteiger partial charge is 0.0991 e. The van der Waals surface area contributed by atoms with E-state index in [9.17, 15) is 0 Å². The van der Waals surface area contributed by atoms with E-state index in [1.807, 2.05) is 44.2 Å². The Morgan fingerprint density at radius 2 is 1.90 bits per heavy atom. The van der Waals surface area contributed by atoms with Crippen molar-refractivity contribution in [1.29, 1.82) is 5.26 Å². The monoisotopic (exact) mass is 262 g/mol. The number of anilines is 1. The number of nitriles is 1. The SMILES string of the molecule is C/C=C(\c1cc(C#N)ccc1C)c1cccc(N)c1C. The first kappa shape index (κ1) is 13.9. The molecule has 0 aliphatic carbocycles. The lowest BCUT2D eigenvalue weighted by atomic mass is 9.90. The second-order valence-corrected chi connectivity index (χ2v) is 4.86. The molecule has 0 spiro atoms. The zero-order valence-corrected chi connectivity index (χ0v) is 12.1. The predicted molar refractivity (Wildman–Crippen MR) is 84.2 cm³/mol. The fraction of sp³-hybridized carbons (Fsp3) is 0.167. The Labute approximate surface area is 120 Å². The standard InChI is InChI=1S/C18H18N2/c1-4-15(16-6-5-7-18(20)13(16)3)17-10-14(11-19)9-8-12(17)2/h4-10H,20H2,1-3H3/b15-4-. The first-order valence-corrected chi connectivity index (χ1v) is 6.61. The molecule has 0 amide bonds. The molecule has 0 saturated heterocycles. The highest BCUT2D eigenvalue weighted by Gasteiger charge is 2.11. The van der Waals surface area contributed by atoms with Gasteiger partial charge < -0.3 is 5.73 Å². The molecule has 100 valence electrons. The minimum atomic E-state index is 0.673. The van der Waals surface area contributed by atoms with E-state index >= 15 is 0 Å². The number of allylic oxidation sites excluding steroid dienone is 1. The van der Waals surface area contributed by atoms with Gasteiger partial charge in [0.1, 0.15) is 0 Å². The summed E-state index contributed by atoms with van der Waals surface area (Å²) in [6.07, 6.45) is 2.07. The Balaban J connectivity index is 2.66. The van der Waals surface area contributed by atoms with Crippen LogP contribution < -0.4 is 5.73 Å². The zero-order valence-electron chi connectivity index (χ0n) is 12.1. The molecule has 0 saturated carbocycles. The molecule has 0 fully saturated rings. The summed E-state index contributed by atoms with van der Waals surface area (Å²) in [4.78, 5) is 0. The molecule has 0 aliphatic rings. The van der Waals surface area contributed by atoms with Gasteiger partial charge in [0, 0.05) is 5.69 Å². The molecule has 0 bridgehead atoms. The molecule has 0 aromatic heterocycles. The molecule has 2 heteroatoms. The molecule has 2 rings (SSSR count). The first-order valence-electron chi connectivity index (χ1n) is 6.61. The van der Waals surface area contributed by atoms with Crippen LogP contribution in [-0.4, -0.2) is 0 Å². The summed E-state index contributed by atoms with van der Waals surface area (Å²) in [6.45, 7) is 6.09. The molecular weight excluding hydrogens is 244 g/mol. The number of nitrogen functional groups attached to an aromatic ring is 1. The van der Waals surface area contributed by atoms with Gasteiger partial charge in [0.05, 0.1) is 11.6 Å². The van der Waals surface area contributed by atoms with E-state index in [0.717, 1.165) is 33.5 Å². The zero-order chi connectivity index (χ0) is 14.7. The van der Waals surface area contributed by atoms with E-state index in [1.165, 1.54) is 0 Å². The van der Waals surface area contributed by atoms with Crippen LogP contribution in [0.3, 0.4) is 0 Å². The number of rotatable bonds is 2. The summed E-state index contributed by atoms with van der Waals surface area (Å²) in [5, 5.41) is 9.09. The van der Waals surface area contributed by atoms with Crippen LogP contribution >= 0.6 is 0 Å². The quantitative estimate of drug-likeness (QED) is 0.824. The molecule has 2 aromatic rings.